The van der Waals surface area contributed by atoms with Crippen LogP contribution >= 0.6 is 0 Å². The zero-order chi connectivity index (χ0) is 18.3. The van der Waals surface area contributed by atoms with E-state index >= 15 is 0 Å². The molecule has 4 aliphatic rings. The van der Waals surface area contributed by atoms with Gasteiger partial charge in [0.25, 0.3) is 0 Å². The van der Waals surface area contributed by atoms with Gasteiger partial charge in [0.2, 0.25) is 0 Å². The molecule has 0 aliphatic heterocycles. The first-order valence-electron chi connectivity index (χ1n) is 9.62. The largest absolute Gasteiger partial charge is 0.378 e. The van der Waals surface area contributed by atoms with Crippen LogP contribution in [-0.4, -0.2) is 14.1 Å². The van der Waals surface area contributed by atoms with E-state index < -0.39 is 0 Å². The maximum atomic E-state index is 9.51. The molecule has 0 heterocycles. The van der Waals surface area contributed by atoms with Crippen LogP contribution < -0.4 is 4.90 Å². The van der Waals surface area contributed by atoms with Crippen molar-refractivity contribution in [1.82, 2.24) is 0 Å². The summed E-state index contributed by atoms with van der Waals surface area (Å²) in [5.41, 5.74) is 4.62. The van der Waals surface area contributed by atoms with Crippen LogP contribution in [0.5, 0.6) is 0 Å². The Morgan fingerprint density at radius 3 is 1.92 bits per heavy atom. The van der Waals surface area contributed by atoms with E-state index in [1.165, 1.54) is 37.7 Å². The van der Waals surface area contributed by atoms with Crippen molar-refractivity contribution >= 4 is 11.3 Å². The molecule has 0 amide bonds. The summed E-state index contributed by atoms with van der Waals surface area (Å²) in [6.45, 7) is 0. The highest BCUT2D eigenvalue weighted by atomic mass is 15.1. The van der Waals surface area contributed by atoms with Gasteiger partial charge in [0.1, 0.15) is 17.7 Å². The highest BCUT2D eigenvalue weighted by Crippen LogP contribution is 2.56. The SMILES string of the molecule is CN(C)c1ccc(C(C=C2C3CC4CC(C3)CC2C4)=C(C#N)C#N)cc1. The summed E-state index contributed by atoms with van der Waals surface area (Å²) < 4.78 is 0. The predicted octanol–water partition coefficient (Wildman–Crippen LogP) is 4.94. The quantitative estimate of drug-likeness (QED) is 0.731. The van der Waals surface area contributed by atoms with Gasteiger partial charge in [-0.25, -0.2) is 0 Å². The van der Waals surface area contributed by atoms with Gasteiger partial charge < -0.3 is 4.90 Å². The molecule has 0 spiro atoms. The molecule has 3 nitrogen and oxygen atoms in total. The van der Waals surface area contributed by atoms with Gasteiger partial charge in [0.05, 0.1) is 0 Å². The van der Waals surface area contributed by atoms with Crippen molar-refractivity contribution in [1.29, 1.82) is 10.5 Å². The van der Waals surface area contributed by atoms with Gasteiger partial charge >= 0.3 is 0 Å². The highest BCUT2D eigenvalue weighted by Gasteiger charge is 2.45. The second-order valence-corrected chi connectivity index (χ2v) is 8.40. The first kappa shape index (κ1) is 16.9. The van der Waals surface area contributed by atoms with E-state index in [9.17, 15) is 10.5 Å². The van der Waals surface area contributed by atoms with Crippen LogP contribution in [0.1, 0.15) is 37.7 Å². The lowest BCUT2D eigenvalue weighted by molar-refractivity contribution is 0.0698. The minimum atomic E-state index is 0.226. The van der Waals surface area contributed by atoms with Crippen LogP contribution in [-0.2, 0) is 0 Å². The van der Waals surface area contributed by atoms with E-state index in [1.807, 2.05) is 26.2 Å². The van der Waals surface area contributed by atoms with Gasteiger partial charge in [-0.05, 0) is 73.5 Å². The fourth-order valence-corrected chi connectivity index (χ4v) is 5.52. The molecular weight excluding hydrogens is 318 g/mol. The molecule has 0 aromatic heterocycles. The Balaban J connectivity index is 1.75. The molecule has 1 aromatic rings. The van der Waals surface area contributed by atoms with Crippen molar-refractivity contribution in [3.8, 4) is 12.1 Å². The van der Waals surface area contributed by atoms with Crippen molar-refractivity contribution in [2.24, 2.45) is 23.7 Å². The molecule has 132 valence electrons. The number of nitrogens with zero attached hydrogens (tertiary/aromatic N) is 3. The Morgan fingerprint density at radius 2 is 1.46 bits per heavy atom. The van der Waals surface area contributed by atoms with E-state index in [4.69, 9.17) is 0 Å². The van der Waals surface area contributed by atoms with Crippen molar-refractivity contribution in [3.63, 3.8) is 0 Å². The van der Waals surface area contributed by atoms with Crippen LogP contribution in [0.3, 0.4) is 0 Å². The Morgan fingerprint density at radius 1 is 0.923 bits per heavy atom. The molecule has 0 radical (unpaired) electrons. The molecule has 0 atom stereocenters. The van der Waals surface area contributed by atoms with E-state index in [0.29, 0.717) is 11.8 Å². The molecule has 26 heavy (non-hydrogen) atoms. The van der Waals surface area contributed by atoms with Crippen molar-refractivity contribution in [2.45, 2.75) is 32.1 Å². The molecule has 0 N–H and O–H groups in total. The molecular formula is C23H25N3. The van der Waals surface area contributed by atoms with Crippen LogP contribution in [0.15, 0.2) is 41.5 Å². The number of anilines is 1. The fourth-order valence-electron chi connectivity index (χ4n) is 5.52. The summed E-state index contributed by atoms with van der Waals surface area (Å²) in [6, 6.07) is 12.4. The average molecular weight is 343 g/mol. The van der Waals surface area contributed by atoms with Gasteiger partial charge in [0.15, 0.2) is 0 Å². The van der Waals surface area contributed by atoms with Gasteiger partial charge in [0, 0.05) is 25.4 Å². The normalized spacial score (nSPS) is 28.2. The van der Waals surface area contributed by atoms with Crippen molar-refractivity contribution in [2.75, 3.05) is 19.0 Å². The van der Waals surface area contributed by atoms with E-state index in [-0.39, 0.29) is 5.57 Å². The lowest BCUT2D eigenvalue weighted by Crippen LogP contribution is -2.40. The summed E-state index contributed by atoms with van der Waals surface area (Å²) in [4.78, 5) is 2.05. The molecule has 5 rings (SSSR count). The zero-order valence-electron chi connectivity index (χ0n) is 15.6. The molecule has 1 aromatic carbocycles. The Labute approximate surface area is 156 Å². The summed E-state index contributed by atoms with van der Waals surface area (Å²) in [5.74, 6) is 3.16. The third kappa shape index (κ3) is 2.93. The molecule has 0 saturated heterocycles. The van der Waals surface area contributed by atoms with Crippen LogP contribution in [0.4, 0.5) is 5.69 Å². The second kappa shape index (κ2) is 6.65. The van der Waals surface area contributed by atoms with Crippen molar-refractivity contribution in [3.05, 3.63) is 47.1 Å². The molecule has 4 bridgehead atoms. The first-order chi connectivity index (χ1) is 12.6. The maximum absolute atomic E-state index is 9.51. The average Bonchev–Trinajstić information content (AvgIpc) is 2.63. The Bertz CT molecular complexity index is 797. The number of hydrogen-bond donors (Lipinski definition) is 0. The van der Waals surface area contributed by atoms with Crippen molar-refractivity contribution < 1.29 is 0 Å². The fraction of sp³-hybridized carbons (Fsp3) is 0.478. The second-order valence-electron chi connectivity index (χ2n) is 8.40. The minimum absolute atomic E-state index is 0.226. The standard InChI is InChI=1S/C23H25N3/c1-26(2)21-5-3-17(4-6-21)22(20(13-24)14-25)12-23-18-8-15-7-16(10-18)11-19(23)9-15/h3-6,12,15-16,18-19H,7-11H2,1-2H3. The van der Waals surface area contributed by atoms with Gasteiger partial charge in [-0.3, -0.25) is 0 Å². The Kier molecular flexibility index (Phi) is 4.33. The summed E-state index contributed by atoms with van der Waals surface area (Å²) >= 11 is 0. The Hall–Kier alpha value is -2.52. The minimum Gasteiger partial charge on any atom is -0.378 e. The molecule has 0 unspecified atom stereocenters. The van der Waals surface area contributed by atoms with E-state index in [0.717, 1.165) is 28.7 Å². The number of benzene rings is 1. The van der Waals surface area contributed by atoms with Gasteiger partial charge in [-0.2, -0.15) is 10.5 Å². The number of allylic oxidation sites excluding steroid dienone is 4. The number of nitriles is 2. The lowest BCUT2D eigenvalue weighted by Gasteiger charge is -2.51. The number of rotatable bonds is 3. The predicted molar refractivity (Wildman–Crippen MR) is 104 cm³/mol. The first-order valence-corrected chi connectivity index (χ1v) is 9.62. The smallest absolute Gasteiger partial charge is 0.137 e. The summed E-state index contributed by atoms with van der Waals surface area (Å²) in [5, 5.41) is 19.0. The van der Waals surface area contributed by atoms with Crippen LogP contribution in [0.25, 0.3) is 5.57 Å². The summed E-state index contributed by atoms with van der Waals surface area (Å²) in [7, 11) is 4.02. The molecule has 3 heteroatoms. The van der Waals surface area contributed by atoms with Crippen LogP contribution in [0.2, 0.25) is 0 Å². The third-order valence-corrected chi connectivity index (χ3v) is 6.58. The highest BCUT2D eigenvalue weighted by molar-refractivity contribution is 5.83. The molecule has 4 aliphatic carbocycles. The molecule has 4 fully saturated rings. The third-order valence-electron chi connectivity index (χ3n) is 6.58. The topological polar surface area (TPSA) is 50.8 Å². The summed E-state index contributed by atoms with van der Waals surface area (Å²) in [6.07, 6.45) is 8.86. The maximum Gasteiger partial charge on any atom is 0.137 e. The lowest BCUT2D eigenvalue weighted by atomic mass is 9.54. The number of hydrogen-bond acceptors (Lipinski definition) is 3. The molecule has 4 saturated carbocycles. The zero-order valence-corrected chi connectivity index (χ0v) is 15.6. The monoisotopic (exact) mass is 343 g/mol. The van der Waals surface area contributed by atoms with Crippen LogP contribution in [0, 0.1) is 46.3 Å². The van der Waals surface area contributed by atoms with Gasteiger partial charge in [-0.15, -0.1) is 0 Å². The van der Waals surface area contributed by atoms with Gasteiger partial charge in [-0.1, -0.05) is 23.8 Å². The van der Waals surface area contributed by atoms with E-state index in [1.54, 1.807) is 0 Å². The van der Waals surface area contributed by atoms with E-state index in [2.05, 4.69) is 35.2 Å².